The first kappa shape index (κ1) is 22.7. The van der Waals surface area contributed by atoms with Crippen LogP contribution < -0.4 is 9.64 Å². The molecule has 0 spiro atoms. The number of nitrogens with zero attached hydrogens (tertiary/aromatic N) is 2. The molecule has 1 aliphatic heterocycles. The van der Waals surface area contributed by atoms with Gasteiger partial charge in [-0.3, -0.25) is 14.5 Å². The molecule has 1 N–H and O–H groups in total. The van der Waals surface area contributed by atoms with Gasteiger partial charge < -0.3 is 14.6 Å². The zero-order valence-corrected chi connectivity index (χ0v) is 19.7. The average Bonchev–Trinajstić information content (AvgIpc) is 3.53. The van der Waals surface area contributed by atoms with Crippen LogP contribution in [0.25, 0.3) is 0 Å². The highest BCUT2D eigenvalue weighted by atomic mass is 32.1. The fourth-order valence-corrected chi connectivity index (χ4v) is 5.26. The lowest BCUT2D eigenvalue weighted by Gasteiger charge is -2.24. The molecule has 3 heterocycles. The molecule has 3 aromatic rings. The smallest absolute Gasteiger partial charge is 0.350 e. The maximum absolute atomic E-state index is 13.3. The predicted molar refractivity (Wildman–Crippen MR) is 124 cm³/mol. The number of aryl methyl sites for hydroxylation is 1. The Hall–Kier alpha value is -3.50. The standard InChI is InChI=1S/C23H20N2O6S2/c1-4-31-14-9-7-13(8-10-14)17-16(18(26)15-6-5-11-32-15)19(27)21(28)25(17)23-24-12(2)20(33-23)22(29)30-3/h5-11,17,27H,4H2,1-3H3. The van der Waals surface area contributed by atoms with Crippen LogP contribution in [0.2, 0.25) is 0 Å². The Morgan fingerprint density at radius 3 is 2.55 bits per heavy atom. The Bertz CT molecular complexity index is 1240. The van der Waals surface area contributed by atoms with Gasteiger partial charge in [0.2, 0.25) is 5.78 Å². The molecular formula is C23H20N2O6S2. The van der Waals surface area contributed by atoms with Crippen molar-refractivity contribution in [1.29, 1.82) is 0 Å². The molecule has 0 aliphatic carbocycles. The quantitative estimate of drug-likeness (QED) is 0.389. The number of methoxy groups -OCH3 is 1. The van der Waals surface area contributed by atoms with E-state index in [1.807, 2.05) is 6.92 Å². The van der Waals surface area contributed by atoms with Crippen LogP contribution >= 0.6 is 22.7 Å². The van der Waals surface area contributed by atoms with Gasteiger partial charge in [0.15, 0.2) is 10.9 Å². The number of carbonyl (C=O) groups is 3. The number of rotatable bonds is 7. The number of ether oxygens (including phenoxy) is 2. The molecule has 10 heteroatoms. The van der Waals surface area contributed by atoms with E-state index in [9.17, 15) is 19.5 Å². The molecule has 170 valence electrons. The third-order valence-electron chi connectivity index (χ3n) is 5.07. The lowest BCUT2D eigenvalue weighted by atomic mass is 9.95. The van der Waals surface area contributed by atoms with Gasteiger partial charge in [0, 0.05) is 0 Å². The monoisotopic (exact) mass is 484 g/mol. The first-order chi connectivity index (χ1) is 15.9. The number of ketones is 1. The Labute approximate surface area is 197 Å². The van der Waals surface area contributed by atoms with Crippen LogP contribution in [0.4, 0.5) is 5.13 Å². The molecule has 1 unspecified atom stereocenters. The van der Waals surface area contributed by atoms with Gasteiger partial charge in [-0.2, -0.15) is 0 Å². The lowest BCUT2D eigenvalue weighted by molar-refractivity contribution is -0.117. The number of anilines is 1. The SMILES string of the molecule is CCOc1ccc(C2C(C(=O)c3cccs3)=C(O)C(=O)N2c2nc(C)c(C(=O)OC)s2)cc1. The second kappa shape index (κ2) is 9.16. The van der Waals surface area contributed by atoms with Crippen LogP contribution in [-0.4, -0.2) is 41.5 Å². The van der Waals surface area contributed by atoms with Crippen molar-refractivity contribution in [2.24, 2.45) is 0 Å². The van der Waals surface area contributed by atoms with Gasteiger partial charge in [0.1, 0.15) is 10.6 Å². The molecule has 0 saturated carbocycles. The van der Waals surface area contributed by atoms with Crippen molar-refractivity contribution >= 4 is 45.5 Å². The van der Waals surface area contributed by atoms with Crippen molar-refractivity contribution in [3.63, 3.8) is 0 Å². The molecule has 0 saturated heterocycles. The first-order valence-corrected chi connectivity index (χ1v) is 11.7. The number of thiazole rings is 1. The highest BCUT2D eigenvalue weighted by Crippen LogP contribution is 2.44. The summed E-state index contributed by atoms with van der Waals surface area (Å²) in [5, 5.41) is 12.7. The molecule has 0 bridgehead atoms. The predicted octanol–water partition coefficient (Wildman–Crippen LogP) is 4.48. The third-order valence-corrected chi connectivity index (χ3v) is 7.07. The van der Waals surface area contributed by atoms with Gasteiger partial charge in [-0.05, 0) is 43.0 Å². The Kier molecular flexibility index (Phi) is 6.30. The van der Waals surface area contributed by atoms with Crippen LogP contribution in [0.5, 0.6) is 5.75 Å². The summed E-state index contributed by atoms with van der Waals surface area (Å²) in [6.07, 6.45) is 0. The minimum Gasteiger partial charge on any atom is -0.503 e. The summed E-state index contributed by atoms with van der Waals surface area (Å²) in [6.45, 7) is 3.99. The second-order valence-electron chi connectivity index (χ2n) is 7.05. The van der Waals surface area contributed by atoms with Crippen LogP contribution in [-0.2, 0) is 9.53 Å². The van der Waals surface area contributed by atoms with Crippen molar-refractivity contribution in [3.05, 3.63) is 74.1 Å². The summed E-state index contributed by atoms with van der Waals surface area (Å²) in [4.78, 5) is 44.9. The van der Waals surface area contributed by atoms with E-state index in [2.05, 4.69) is 4.98 Å². The minimum atomic E-state index is -0.932. The van der Waals surface area contributed by atoms with E-state index in [0.29, 0.717) is 28.5 Å². The van der Waals surface area contributed by atoms with Gasteiger partial charge in [-0.1, -0.05) is 29.5 Å². The number of aliphatic hydroxyl groups excluding tert-OH is 1. The number of aromatic nitrogens is 1. The molecule has 0 radical (unpaired) electrons. The van der Waals surface area contributed by atoms with Gasteiger partial charge in [0.25, 0.3) is 5.91 Å². The summed E-state index contributed by atoms with van der Waals surface area (Å²) in [5.74, 6) is -1.79. The number of esters is 1. The maximum Gasteiger partial charge on any atom is 0.350 e. The van der Waals surface area contributed by atoms with E-state index < -0.39 is 29.5 Å². The molecular weight excluding hydrogens is 464 g/mol. The Morgan fingerprint density at radius 1 is 1.21 bits per heavy atom. The molecule has 1 amide bonds. The zero-order valence-electron chi connectivity index (χ0n) is 18.0. The number of carbonyl (C=O) groups excluding carboxylic acids is 3. The van der Waals surface area contributed by atoms with Crippen molar-refractivity contribution in [2.45, 2.75) is 19.9 Å². The number of benzene rings is 1. The van der Waals surface area contributed by atoms with E-state index >= 15 is 0 Å². The summed E-state index contributed by atoms with van der Waals surface area (Å²) in [6, 6.07) is 9.37. The molecule has 33 heavy (non-hydrogen) atoms. The van der Waals surface area contributed by atoms with E-state index in [1.54, 1.807) is 48.7 Å². The lowest BCUT2D eigenvalue weighted by Crippen LogP contribution is -2.31. The molecule has 8 nitrogen and oxygen atoms in total. The highest BCUT2D eigenvalue weighted by Gasteiger charge is 2.46. The molecule has 1 aromatic carbocycles. The summed E-state index contributed by atoms with van der Waals surface area (Å²) < 4.78 is 10.3. The number of hydrogen-bond acceptors (Lipinski definition) is 9. The largest absolute Gasteiger partial charge is 0.503 e. The van der Waals surface area contributed by atoms with Crippen molar-refractivity contribution in [1.82, 2.24) is 4.98 Å². The fraction of sp³-hybridized carbons (Fsp3) is 0.217. The third kappa shape index (κ3) is 4.03. The van der Waals surface area contributed by atoms with Crippen LogP contribution in [0.15, 0.2) is 53.1 Å². The number of aliphatic hydroxyl groups is 1. The summed E-state index contributed by atoms with van der Waals surface area (Å²) in [7, 11) is 1.26. The van der Waals surface area contributed by atoms with Crippen LogP contribution in [0.3, 0.4) is 0 Å². The number of hydrogen-bond donors (Lipinski definition) is 1. The van der Waals surface area contributed by atoms with Gasteiger partial charge in [-0.15, -0.1) is 11.3 Å². The maximum atomic E-state index is 13.3. The van der Waals surface area contributed by atoms with Crippen molar-refractivity contribution < 1.29 is 29.0 Å². The molecule has 0 fully saturated rings. The Balaban J connectivity index is 1.84. The normalized spacial score (nSPS) is 15.8. The number of amides is 1. The van der Waals surface area contributed by atoms with Gasteiger partial charge >= 0.3 is 5.97 Å². The summed E-state index contributed by atoms with van der Waals surface area (Å²) in [5.41, 5.74) is 0.930. The van der Waals surface area contributed by atoms with Gasteiger partial charge in [-0.25, -0.2) is 9.78 Å². The highest BCUT2D eigenvalue weighted by molar-refractivity contribution is 7.17. The first-order valence-electron chi connectivity index (χ1n) is 10.0. The fourth-order valence-electron chi connectivity index (χ4n) is 3.57. The minimum absolute atomic E-state index is 0.0425. The van der Waals surface area contributed by atoms with Crippen LogP contribution in [0, 0.1) is 6.92 Å². The topological polar surface area (TPSA) is 106 Å². The molecule has 1 aliphatic rings. The number of thiophene rings is 1. The average molecular weight is 485 g/mol. The van der Waals surface area contributed by atoms with E-state index in [0.717, 1.165) is 11.3 Å². The van der Waals surface area contributed by atoms with Crippen molar-refractivity contribution in [2.75, 3.05) is 18.6 Å². The molecule has 4 rings (SSSR count). The van der Waals surface area contributed by atoms with E-state index in [-0.39, 0.29) is 15.6 Å². The van der Waals surface area contributed by atoms with Gasteiger partial charge in [0.05, 0.1) is 35.9 Å². The van der Waals surface area contributed by atoms with E-state index in [4.69, 9.17) is 9.47 Å². The van der Waals surface area contributed by atoms with Crippen molar-refractivity contribution in [3.8, 4) is 5.75 Å². The number of Topliss-reactive ketones (excluding diaryl/α,β-unsaturated/α-hetero) is 1. The van der Waals surface area contributed by atoms with Crippen LogP contribution in [0.1, 0.15) is 43.6 Å². The zero-order chi connectivity index (χ0) is 23.7. The summed E-state index contributed by atoms with van der Waals surface area (Å²) >= 11 is 2.18. The molecule has 1 atom stereocenters. The van der Waals surface area contributed by atoms with E-state index in [1.165, 1.54) is 23.3 Å². The Morgan fingerprint density at radius 2 is 1.94 bits per heavy atom. The molecule has 2 aromatic heterocycles. The second-order valence-corrected chi connectivity index (χ2v) is 8.98.